The van der Waals surface area contributed by atoms with E-state index in [1.165, 1.54) is 44.4 Å². The van der Waals surface area contributed by atoms with E-state index >= 15 is 0 Å². The number of hydrogen-bond acceptors (Lipinski definition) is 8. The van der Waals surface area contributed by atoms with Gasteiger partial charge < -0.3 is 19.7 Å². The van der Waals surface area contributed by atoms with Crippen molar-refractivity contribution in [2.45, 2.75) is 36.7 Å². The Morgan fingerprint density at radius 2 is 1.91 bits per heavy atom. The molecule has 2 aromatic carbocycles. The van der Waals surface area contributed by atoms with E-state index < -0.39 is 33.9 Å². The number of azide groups is 1. The zero-order chi connectivity index (χ0) is 24.6. The number of ether oxygens (including phenoxy) is 2. The highest BCUT2D eigenvalue weighted by Gasteiger charge is 2.41. The number of esters is 1. The molecule has 0 aliphatic rings. The van der Waals surface area contributed by atoms with Gasteiger partial charge in [0, 0.05) is 10.5 Å². The molecule has 11 heteroatoms. The predicted octanol–water partition coefficient (Wildman–Crippen LogP) is 3.13. The molecule has 33 heavy (non-hydrogen) atoms. The molecular weight excluding hydrogens is 450 g/mol. The van der Waals surface area contributed by atoms with Gasteiger partial charge in [-0.2, -0.15) is 0 Å². The molecule has 0 fully saturated rings. The molecular formula is C22H27N3O7S. The summed E-state index contributed by atoms with van der Waals surface area (Å²) < 4.78 is 35.5. The monoisotopic (exact) mass is 477 g/mol. The minimum absolute atomic E-state index is 0.0352. The standard InChI is InChI=1S/C22H27N3O7S/c1-4-32-21(27)20(22(2,28)14-24-25-23)18-13-15(5-10-19(18)26)11-12-33(29,30)17-8-6-16(31-3)7-9-17/h5-10,13,20,26,28H,4,11-12,14H2,1-3H3. The predicted molar refractivity (Wildman–Crippen MR) is 121 cm³/mol. The quantitative estimate of drug-likeness (QED) is 0.218. The van der Waals surface area contributed by atoms with Crippen LogP contribution in [-0.2, 0) is 25.8 Å². The number of methoxy groups -OCH3 is 1. The van der Waals surface area contributed by atoms with Crippen molar-refractivity contribution < 1.29 is 32.9 Å². The van der Waals surface area contributed by atoms with Gasteiger partial charge in [-0.3, -0.25) is 4.79 Å². The summed E-state index contributed by atoms with van der Waals surface area (Å²) in [6.07, 6.45) is 0.0929. The number of phenolic OH excluding ortho intramolecular Hbond substituents is 1. The van der Waals surface area contributed by atoms with Crippen molar-refractivity contribution in [1.29, 1.82) is 0 Å². The van der Waals surface area contributed by atoms with Crippen LogP contribution in [0.2, 0.25) is 0 Å². The van der Waals surface area contributed by atoms with Crippen molar-refractivity contribution in [3.63, 3.8) is 0 Å². The Labute approximate surface area is 192 Å². The summed E-state index contributed by atoms with van der Waals surface area (Å²) >= 11 is 0. The van der Waals surface area contributed by atoms with Crippen molar-refractivity contribution in [2.24, 2.45) is 5.11 Å². The molecule has 0 saturated carbocycles. The molecule has 0 bridgehead atoms. The van der Waals surface area contributed by atoms with Crippen LogP contribution < -0.4 is 4.74 Å². The molecule has 0 aliphatic carbocycles. The third-order valence-electron chi connectivity index (χ3n) is 5.08. The van der Waals surface area contributed by atoms with E-state index in [-0.39, 0.29) is 35.0 Å². The first-order valence-corrected chi connectivity index (χ1v) is 11.8. The highest BCUT2D eigenvalue weighted by atomic mass is 32.2. The fourth-order valence-corrected chi connectivity index (χ4v) is 4.64. The minimum atomic E-state index is -3.61. The first kappa shape index (κ1) is 26.0. The second kappa shape index (κ2) is 11.0. The van der Waals surface area contributed by atoms with Crippen molar-refractivity contribution in [3.8, 4) is 11.5 Å². The molecule has 0 aliphatic heterocycles. The molecule has 0 spiro atoms. The number of carbonyl (C=O) groups excluding carboxylic acids is 1. The van der Waals surface area contributed by atoms with Gasteiger partial charge in [-0.15, -0.1) is 0 Å². The summed E-state index contributed by atoms with van der Waals surface area (Å²) in [5, 5.41) is 24.6. The fraction of sp³-hybridized carbons (Fsp3) is 0.409. The number of aliphatic hydroxyl groups is 1. The third-order valence-corrected chi connectivity index (χ3v) is 6.81. The lowest BCUT2D eigenvalue weighted by Gasteiger charge is -2.31. The molecule has 0 radical (unpaired) electrons. The van der Waals surface area contributed by atoms with Crippen LogP contribution >= 0.6 is 0 Å². The Bertz CT molecular complexity index is 1130. The lowest BCUT2D eigenvalue weighted by Crippen LogP contribution is -2.41. The Morgan fingerprint density at radius 1 is 1.24 bits per heavy atom. The molecule has 0 amide bonds. The van der Waals surface area contributed by atoms with Gasteiger partial charge in [0.25, 0.3) is 0 Å². The summed E-state index contributed by atoms with van der Waals surface area (Å²) in [6.45, 7) is 2.48. The van der Waals surface area contributed by atoms with Crippen molar-refractivity contribution in [1.82, 2.24) is 0 Å². The highest BCUT2D eigenvalue weighted by molar-refractivity contribution is 7.91. The number of aromatic hydroxyl groups is 1. The van der Waals surface area contributed by atoms with Crippen LogP contribution in [0.25, 0.3) is 10.4 Å². The number of hydrogen-bond donors (Lipinski definition) is 2. The van der Waals surface area contributed by atoms with E-state index in [4.69, 9.17) is 15.0 Å². The fourth-order valence-electron chi connectivity index (χ4n) is 3.35. The van der Waals surface area contributed by atoms with Crippen LogP contribution in [-0.4, -0.2) is 56.2 Å². The maximum atomic E-state index is 12.7. The molecule has 2 unspecified atom stereocenters. The van der Waals surface area contributed by atoms with Gasteiger partial charge in [0.15, 0.2) is 9.84 Å². The van der Waals surface area contributed by atoms with E-state index in [1.807, 2.05) is 0 Å². The third kappa shape index (κ3) is 6.61. The van der Waals surface area contributed by atoms with Crippen molar-refractivity contribution >= 4 is 15.8 Å². The number of aryl methyl sites for hydroxylation is 1. The number of phenols is 1. The summed E-state index contributed by atoms with van der Waals surface area (Å²) in [4.78, 5) is 15.4. The summed E-state index contributed by atoms with van der Waals surface area (Å²) in [5.74, 6) is -2.14. The van der Waals surface area contributed by atoms with Crippen LogP contribution in [0.1, 0.15) is 30.9 Å². The molecule has 2 atom stereocenters. The molecule has 0 heterocycles. The van der Waals surface area contributed by atoms with E-state index in [9.17, 15) is 23.4 Å². The Morgan fingerprint density at radius 3 is 2.48 bits per heavy atom. The molecule has 10 nitrogen and oxygen atoms in total. The number of carbonyl (C=O) groups is 1. The van der Waals surface area contributed by atoms with E-state index in [0.29, 0.717) is 11.3 Å². The van der Waals surface area contributed by atoms with Gasteiger partial charge in [0.1, 0.15) is 17.4 Å². The second-order valence-corrected chi connectivity index (χ2v) is 9.68. The van der Waals surface area contributed by atoms with Gasteiger partial charge in [-0.05, 0) is 61.7 Å². The summed E-state index contributed by atoms with van der Waals surface area (Å²) in [7, 11) is -2.12. The lowest BCUT2D eigenvalue weighted by atomic mass is 9.82. The van der Waals surface area contributed by atoms with Crippen LogP contribution in [0.3, 0.4) is 0 Å². The molecule has 178 valence electrons. The SMILES string of the molecule is CCOC(=O)C(c1cc(CCS(=O)(=O)c2ccc(OC)cc2)ccc1O)C(C)(O)CN=[N+]=[N-]. The van der Waals surface area contributed by atoms with E-state index in [1.54, 1.807) is 19.1 Å². The molecule has 2 N–H and O–H groups in total. The number of nitrogens with zero attached hydrogens (tertiary/aromatic N) is 3. The molecule has 0 saturated heterocycles. The Kier molecular flexibility index (Phi) is 8.69. The zero-order valence-corrected chi connectivity index (χ0v) is 19.4. The van der Waals surface area contributed by atoms with Gasteiger partial charge >= 0.3 is 5.97 Å². The molecule has 2 aromatic rings. The van der Waals surface area contributed by atoms with Gasteiger partial charge in [0.2, 0.25) is 0 Å². The van der Waals surface area contributed by atoms with Crippen LogP contribution in [0.5, 0.6) is 11.5 Å². The van der Waals surface area contributed by atoms with E-state index in [0.717, 1.165) is 0 Å². The Hall–Kier alpha value is -3.27. The smallest absolute Gasteiger partial charge is 0.316 e. The van der Waals surface area contributed by atoms with Gasteiger partial charge in [-0.1, -0.05) is 17.2 Å². The van der Waals surface area contributed by atoms with Gasteiger partial charge in [-0.25, -0.2) is 8.42 Å². The van der Waals surface area contributed by atoms with Crippen molar-refractivity contribution in [3.05, 3.63) is 64.0 Å². The zero-order valence-electron chi connectivity index (χ0n) is 18.6. The first-order valence-electron chi connectivity index (χ1n) is 10.1. The second-order valence-electron chi connectivity index (χ2n) is 7.57. The normalized spacial score (nSPS) is 13.9. The molecule has 2 rings (SSSR count). The van der Waals surface area contributed by atoms with Crippen molar-refractivity contribution in [2.75, 3.05) is 26.0 Å². The molecule has 0 aromatic heterocycles. The van der Waals surface area contributed by atoms with Gasteiger partial charge in [0.05, 0.1) is 36.5 Å². The van der Waals surface area contributed by atoms with Crippen LogP contribution in [0, 0.1) is 0 Å². The maximum Gasteiger partial charge on any atom is 0.316 e. The number of rotatable bonds is 11. The largest absolute Gasteiger partial charge is 0.508 e. The average molecular weight is 478 g/mol. The maximum absolute atomic E-state index is 12.7. The topological polar surface area (TPSA) is 159 Å². The minimum Gasteiger partial charge on any atom is -0.508 e. The van der Waals surface area contributed by atoms with E-state index in [2.05, 4.69) is 10.0 Å². The number of benzene rings is 2. The van der Waals surface area contributed by atoms with Crippen LogP contribution in [0.15, 0.2) is 52.5 Å². The Balaban J connectivity index is 2.35. The summed E-state index contributed by atoms with van der Waals surface area (Å²) in [6, 6.07) is 10.3. The highest BCUT2D eigenvalue weighted by Crippen LogP contribution is 2.36. The lowest BCUT2D eigenvalue weighted by molar-refractivity contribution is -0.151. The summed E-state index contributed by atoms with van der Waals surface area (Å²) in [5.41, 5.74) is 7.32. The van der Waals surface area contributed by atoms with Crippen LogP contribution in [0.4, 0.5) is 0 Å². The first-order chi connectivity index (χ1) is 15.6. The number of sulfone groups is 1. The average Bonchev–Trinajstić information content (AvgIpc) is 2.78.